The normalized spacial score (nSPS) is 10.0. The summed E-state index contributed by atoms with van der Waals surface area (Å²) < 4.78 is 15.7. The monoisotopic (exact) mass is 343 g/mol. The smallest absolute Gasteiger partial charge is 0.131 e. The van der Waals surface area contributed by atoms with Crippen molar-refractivity contribution >= 4 is 11.5 Å². The molecule has 0 aliphatic heterocycles. The van der Waals surface area contributed by atoms with Gasteiger partial charge in [-0.25, -0.2) is 0 Å². The molecule has 0 aliphatic rings. The van der Waals surface area contributed by atoms with E-state index in [2.05, 4.69) is 17.5 Å². The Morgan fingerprint density at radius 2 is 1.88 bits per heavy atom. The first-order valence-electron chi connectivity index (χ1n) is 7.88. The van der Waals surface area contributed by atoms with Gasteiger partial charge in [-0.1, -0.05) is 44.7 Å². The molecule has 0 saturated carbocycles. The lowest BCUT2D eigenvalue weighted by Crippen LogP contribution is -1.96. The first-order valence-corrected chi connectivity index (χ1v) is 8.65. The van der Waals surface area contributed by atoms with E-state index in [1.807, 2.05) is 64.1 Å². The molecule has 0 N–H and O–H groups in total. The van der Waals surface area contributed by atoms with Gasteiger partial charge in [0.15, 0.2) is 0 Å². The van der Waals surface area contributed by atoms with Crippen LogP contribution in [-0.4, -0.2) is 4.37 Å². The second-order valence-corrected chi connectivity index (χ2v) is 5.95. The number of hydrogen-bond acceptors (Lipinski definition) is 4. The third kappa shape index (κ3) is 7.29. The number of hydrogen-bond donors (Lipinski definition) is 0. The second kappa shape index (κ2) is 10.4. The van der Waals surface area contributed by atoms with Crippen LogP contribution in [0, 0.1) is 6.92 Å². The summed E-state index contributed by atoms with van der Waals surface area (Å²) in [6, 6.07) is 9.49. The minimum atomic E-state index is 0.449. The molecule has 0 spiro atoms. The minimum Gasteiger partial charge on any atom is -0.487 e. The van der Waals surface area contributed by atoms with Gasteiger partial charge in [0, 0.05) is 10.9 Å². The Bertz CT molecular complexity index is 701. The molecule has 0 radical (unpaired) electrons. The largest absolute Gasteiger partial charge is 0.487 e. The van der Waals surface area contributed by atoms with Gasteiger partial charge in [0.05, 0.1) is 5.69 Å². The van der Waals surface area contributed by atoms with Crippen molar-refractivity contribution in [2.45, 2.75) is 34.3 Å². The van der Waals surface area contributed by atoms with Gasteiger partial charge >= 0.3 is 0 Å². The summed E-state index contributed by atoms with van der Waals surface area (Å²) in [5.41, 5.74) is 1.88. The molecule has 0 fully saturated rings. The van der Waals surface area contributed by atoms with E-state index < -0.39 is 0 Å². The molecule has 24 heavy (non-hydrogen) atoms. The van der Waals surface area contributed by atoms with Crippen LogP contribution in [0.4, 0.5) is 0 Å². The highest BCUT2D eigenvalue weighted by atomic mass is 32.1. The molecule has 4 heteroatoms. The van der Waals surface area contributed by atoms with E-state index in [1.54, 1.807) is 6.08 Å². The molecule has 3 nitrogen and oxygen atoms in total. The molecule has 1 aromatic carbocycles. The lowest BCUT2D eigenvalue weighted by molar-refractivity contribution is 0.301. The van der Waals surface area contributed by atoms with Crippen LogP contribution >= 0.6 is 11.5 Å². The minimum absolute atomic E-state index is 0.449. The predicted octanol–water partition coefficient (Wildman–Crippen LogP) is 6.08. The summed E-state index contributed by atoms with van der Waals surface area (Å²) in [7, 11) is 0. The van der Waals surface area contributed by atoms with Crippen LogP contribution in [0.25, 0.3) is 0 Å². The van der Waals surface area contributed by atoms with Crippen molar-refractivity contribution in [2.75, 3.05) is 0 Å². The van der Waals surface area contributed by atoms with Crippen molar-refractivity contribution in [1.29, 1.82) is 0 Å². The van der Waals surface area contributed by atoms with Crippen molar-refractivity contribution in [3.63, 3.8) is 0 Å². The number of rotatable bonds is 7. The first kappa shape index (κ1) is 19.7. The molecule has 2 aromatic rings. The van der Waals surface area contributed by atoms with E-state index in [0.717, 1.165) is 17.0 Å². The summed E-state index contributed by atoms with van der Waals surface area (Å²) in [6.07, 6.45) is 3.64. The maximum absolute atomic E-state index is 5.73. The highest BCUT2D eigenvalue weighted by Crippen LogP contribution is 2.22. The number of nitrogens with zero attached hydrogens (tertiary/aromatic N) is 1. The van der Waals surface area contributed by atoms with E-state index in [9.17, 15) is 0 Å². The molecule has 0 amide bonds. The van der Waals surface area contributed by atoms with Crippen molar-refractivity contribution in [1.82, 2.24) is 4.37 Å². The number of allylic oxidation sites excluding steroid dienone is 3. The fourth-order valence-electron chi connectivity index (χ4n) is 1.69. The van der Waals surface area contributed by atoms with Crippen LogP contribution in [0.3, 0.4) is 0 Å². The summed E-state index contributed by atoms with van der Waals surface area (Å²) in [4.78, 5) is 1.18. The molecule has 0 bridgehead atoms. The third-order valence-corrected chi connectivity index (χ3v) is 3.40. The third-order valence-electron chi connectivity index (χ3n) is 2.67. The summed E-state index contributed by atoms with van der Waals surface area (Å²) in [5, 5.41) is 0. The Balaban J connectivity index is 0.00000139. The molecule has 1 heterocycles. The highest BCUT2D eigenvalue weighted by Gasteiger charge is 2.02. The zero-order valence-electron chi connectivity index (χ0n) is 14.8. The molecule has 128 valence electrons. The van der Waals surface area contributed by atoms with E-state index in [1.165, 1.54) is 16.4 Å². The average Bonchev–Trinajstić information content (AvgIpc) is 2.99. The number of benzene rings is 1. The maximum atomic E-state index is 5.73. The van der Waals surface area contributed by atoms with Crippen LogP contribution in [0.2, 0.25) is 0 Å². The topological polar surface area (TPSA) is 31.4 Å². The van der Waals surface area contributed by atoms with Crippen molar-refractivity contribution in [3.8, 4) is 11.5 Å². The Morgan fingerprint density at radius 1 is 1.17 bits per heavy atom. The predicted molar refractivity (Wildman–Crippen MR) is 103 cm³/mol. The molecule has 1 aromatic heterocycles. The van der Waals surface area contributed by atoms with E-state index >= 15 is 0 Å². The van der Waals surface area contributed by atoms with Gasteiger partial charge < -0.3 is 9.47 Å². The van der Waals surface area contributed by atoms with Crippen LogP contribution in [-0.2, 0) is 6.61 Å². The second-order valence-electron chi connectivity index (χ2n) is 4.94. The zero-order chi connectivity index (χ0) is 17.9. The number of ether oxygens (including phenoxy) is 2. The maximum Gasteiger partial charge on any atom is 0.131 e. The van der Waals surface area contributed by atoms with E-state index in [-0.39, 0.29) is 0 Å². The molecule has 2 rings (SSSR count). The van der Waals surface area contributed by atoms with Gasteiger partial charge in [-0.15, -0.1) is 0 Å². The Kier molecular flexibility index (Phi) is 8.58. The molecular weight excluding hydrogens is 318 g/mol. The lowest BCUT2D eigenvalue weighted by Gasteiger charge is -2.08. The van der Waals surface area contributed by atoms with Crippen LogP contribution in [0.1, 0.15) is 31.3 Å². The Morgan fingerprint density at radius 3 is 2.50 bits per heavy atom. The number of aromatic nitrogens is 1. The van der Waals surface area contributed by atoms with E-state index in [0.29, 0.717) is 18.1 Å². The summed E-state index contributed by atoms with van der Waals surface area (Å²) >= 11 is 1.48. The summed E-state index contributed by atoms with van der Waals surface area (Å²) in [6.45, 7) is 16.0. The van der Waals surface area contributed by atoms with Gasteiger partial charge in [0.1, 0.15) is 23.9 Å². The first-order chi connectivity index (χ1) is 11.5. The molecule has 0 atom stereocenters. The molecule has 0 unspecified atom stereocenters. The highest BCUT2D eigenvalue weighted by molar-refractivity contribution is 7.05. The lowest BCUT2D eigenvalue weighted by atomic mass is 10.3. The fraction of sp³-hybridized carbons (Fsp3) is 0.250. The van der Waals surface area contributed by atoms with Gasteiger partial charge in [-0.2, -0.15) is 4.37 Å². The van der Waals surface area contributed by atoms with Gasteiger partial charge in [-0.05, 0) is 49.7 Å². The summed E-state index contributed by atoms with van der Waals surface area (Å²) in [5.74, 6) is 1.97. The van der Waals surface area contributed by atoms with Crippen LogP contribution in [0.5, 0.6) is 11.5 Å². The van der Waals surface area contributed by atoms with Gasteiger partial charge in [0.25, 0.3) is 0 Å². The molecule has 0 saturated heterocycles. The standard InChI is InChI=1S/C18H19NO2S.C2H6/c1-13(2)8-9-14(3)21-18-7-5-6-17(11-18)20-12-16-10-15(4)22-19-16;1-2/h5-11H,1,3,12H2,2,4H3;1-2H3/b9-8-;. The van der Waals surface area contributed by atoms with Crippen molar-refractivity contribution in [2.24, 2.45) is 0 Å². The van der Waals surface area contributed by atoms with Crippen molar-refractivity contribution in [3.05, 3.63) is 77.5 Å². The zero-order valence-corrected chi connectivity index (χ0v) is 15.7. The average molecular weight is 343 g/mol. The molecule has 0 aliphatic carbocycles. The SMILES string of the molecule is C=C(C)/C=C\C(=C)Oc1cccc(OCc2cc(C)sn2)c1.CC. The van der Waals surface area contributed by atoms with Crippen LogP contribution < -0.4 is 9.47 Å². The van der Waals surface area contributed by atoms with Crippen molar-refractivity contribution < 1.29 is 9.47 Å². The Hall–Kier alpha value is -2.33. The van der Waals surface area contributed by atoms with Crippen LogP contribution in [0.15, 0.2) is 67.0 Å². The fourth-order valence-corrected chi connectivity index (χ4v) is 2.25. The quantitative estimate of drug-likeness (QED) is 0.451. The Labute approximate surface area is 149 Å². The van der Waals surface area contributed by atoms with Gasteiger partial charge in [0.2, 0.25) is 0 Å². The molecular formula is C20H25NO2S. The van der Waals surface area contributed by atoms with E-state index in [4.69, 9.17) is 9.47 Å². The number of aryl methyl sites for hydroxylation is 1. The van der Waals surface area contributed by atoms with Gasteiger partial charge in [-0.3, -0.25) is 0 Å².